The molecule has 0 aromatic heterocycles. The van der Waals surface area contributed by atoms with Crippen molar-refractivity contribution in [1.82, 2.24) is 0 Å². The highest BCUT2D eigenvalue weighted by Crippen LogP contribution is 2.35. The summed E-state index contributed by atoms with van der Waals surface area (Å²) in [5, 5.41) is 7.51. The molecule has 0 unspecified atom stereocenters. The van der Waals surface area contributed by atoms with Crippen molar-refractivity contribution in [3.8, 4) is 0 Å². The van der Waals surface area contributed by atoms with Crippen LogP contribution in [0.25, 0.3) is 0 Å². The summed E-state index contributed by atoms with van der Waals surface area (Å²) < 4.78 is 0. The fourth-order valence-electron chi connectivity index (χ4n) is 1.99. The Kier molecular flexibility index (Phi) is 3.90. The molecule has 1 atom stereocenters. The molecule has 1 aromatic rings. The Balaban J connectivity index is 2.32. The Morgan fingerprint density at radius 1 is 1.37 bits per heavy atom. The zero-order valence-corrected chi connectivity index (χ0v) is 11.1. The lowest BCUT2D eigenvalue weighted by Crippen LogP contribution is -2.32. The fraction of sp³-hybridized carbons (Fsp3) is 0.308. The van der Waals surface area contributed by atoms with Gasteiger partial charge in [-0.1, -0.05) is 25.1 Å². The van der Waals surface area contributed by atoms with Crippen LogP contribution in [0.5, 0.6) is 0 Å². The Morgan fingerprint density at radius 3 is 2.68 bits per heavy atom. The number of hydrogen-bond acceptors (Lipinski definition) is 4. The van der Waals surface area contributed by atoms with Gasteiger partial charge in [-0.15, -0.1) is 0 Å². The van der Waals surface area contributed by atoms with Crippen LogP contribution < -0.4 is 4.90 Å². The van der Waals surface area contributed by atoms with Gasteiger partial charge in [-0.3, -0.25) is 14.4 Å². The van der Waals surface area contributed by atoms with E-state index < -0.39 is 22.4 Å². The number of aliphatic carboxylic acids is 1. The van der Waals surface area contributed by atoms with Gasteiger partial charge >= 0.3 is 5.97 Å². The Bertz CT molecular complexity index is 543. The van der Waals surface area contributed by atoms with Gasteiger partial charge in [0.25, 0.3) is 5.24 Å². The number of para-hydroxylation sites is 1. The van der Waals surface area contributed by atoms with Gasteiger partial charge in [0.2, 0.25) is 5.91 Å². The van der Waals surface area contributed by atoms with Crippen LogP contribution in [-0.2, 0) is 16.0 Å². The number of carbonyl (C=O) groups excluding carboxylic acids is 2. The number of thioether (sulfide) groups is 1. The molecule has 1 aromatic carbocycles. The number of imide groups is 1. The molecule has 0 radical (unpaired) electrons. The molecule has 1 aliphatic heterocycles. The summed E-state index contributed by atoms with van der Waals surface area (Å²) in [6.07, 6.45) is 0.363. The molecule has 0 bridgehead atoms. The highest BCUT2D eigenvalue weighted by molar-refractivity contribution is 8.15. The Morgan fingerprint density at radius 2 is 2.05 bits per heavy atom. The first kappa shape index (κ1) is 13.6. The number of hydrogen-bond donors (Lipinski definition) is 1. The molecule has 0 saturated carbocycles. The number of benzene rings is 1. The molecule has 1 heterocycles. The molecule has 1 fully saturated rings. The van der Waals surface area contributed by atoms with Crippen LogP contribution in [0.2, 0.25) is 0 Å². The maximum atomic E-state index is 12.1. The molecule has 0 spiro atoms. The maximum absolute atomic E-state index is 12.1. The average Bonchev–Trinajstić information content (AvgIpc) is 2.64. The Labute approximate surface area is 114 Å². The van der Waals surface area contributed by atoms with Crippen molar-refractivity contribution in [1.29, 1.82) is 0 Å². The summed E-state index contributed by atoms with van der Waals surface area (Å²) in [6.45, 7) is 1.94. The van der Waals surface area contributed by atoms with Gasteiger partial charge in [0, 0.05) is 0 Å². The maximum Gasteiger partial charge on any atom is 0.305 e. The van der Waals surface area contributed by atoms with Crippen molar-refractivity contribution in [3.63, 3.8) is 0 Å². The van der Waals surface area contributed by atoms with Gasteiger partial charge in [0.1, 0.15) is 5.25 Å². The molecule has 1 N–H and O–H groups in total. The van der Waals surface area contributed by atoms with Crippen molar-refractivity contribution in [2.24, 2.45) is 0 Å². The van der Waals surface area contributed by atoms with Gasteiger partial charge in [0.05, 0.1) is 12.1 Å². The second kappa shape index (κ2) is 5.44. The van der Waals surface area contributed by atoms with Crippen LogP contribution in [-0.4, -0.2) is 27.5 Å². The lowest BCUT2D eigenvalue weighted by molar-refractivity contribution is -0.138. The molecule has 0 aliphatic carbocycles. The van der Waals surface area contributed by atoms with E-state index in [1.54, 1.807) is 12.1 Å². The van der Waals surface area contributed by atoms with E-state index in [0.29, 0.717) is 12.1 Å². The summed E-state index contributed by atoms with van der Waals surface area (Å²) in [6, 6.07) is 7.16. The molecule has 2 rings (SSSR count). The largest absolute Gasteiger partial charge is 0.481 e. The summed E-state index contributed by atoms with van der Waals surface area (Å²) in [4.78, 5) is 35.8. The molecule has 1 aliphatic rings. The number of aryl methyl sites for hydroxylation is 1. The first-order valence-corrected chi connectivity index (χ1v) is 6.76. The van der Waals surface area contributed by atoms with E-state index in [2.05, 4.69) is 0 Å². The van der Waals surface area contributed by atoms with E-state index >= 15 is 0 Å². The number of carboxylic acids is 1. The fourth-order valence-corrected chi connectivity index (χ4v) is 2.96. The van der Waals surface area contributed by atoms with Gasteiger partial charge in [-0.25, -0.2) is 4.90 Å². The summed E-state index contributed by atoms with van der Waals surface area (Å²) in [5.74, 6) is -1.53. The normalized spacial score (nSPS) is 19.0. The molecular weight excluding hydrogens is 266 g/mol. The van der Waals surface area contributed by atoms with Crippen molar-refractivity contribution >= 4 is 34.6 Å². The first-order valence-electron chi connectivity index (χ1n) is 5.89. The van der Waals surface area contributed by atoms with E-state index in [1.807, 2.05) is 19.1 Å². The van der Waals surface area contributed by atoms with Crippen molar-refractivity contribution < 1.29 is 19.5 Å². The third-order valence-electron chi connectivity index (χ3n) is 2.89. The van der Waals surface area contributed by atoms with E-state index in [0.717, 1.165) is 22.2 Å². The number of nitrogens with zero attached hydrogens (tertiary/aromatic N) is 1. The second-order valence-corrected chi connectivity index (χ2v) is 5.28. The van der Waals surface area contributed by atoms with Crippen LogP contribution in [0.4, 0.5) is 10.5 Å². The van der Waals surface area contributed by atoms with Gasteiger partial charge in [-0.05, 0) is 29.8 Å². The van der Waals surface area contributed by atoms with E-state index in [4.69, 9.17) is 5.11 Å². The van der Waals surface area contributed by atoms with Crippen molar-refractivity contribution in [2.45, 2.75) is 25.0 Å². The van der Waals surface area contributed by atoms with Crippen LogP contribution >= 0.6 is 11.8 Å². The SMILES string of the molecule is CCc1ccccc1N1C(=O)S[C@H](CC(=O)O)C1=O. The highest BCUT2D eigenvalue weighted by atomic mass is 32.2. The summed E-state index contributed by atoms with van der Waals surface area (Å²) in [7, 11) is 0. The monoisotopic (exact) mass is 279 g/mol. The number of carbonyl (C=O) groups is 3. The van der Waals surface area contributed by atoms with Gasteiger partial charge in [0.15, 0.2) is 0 Å². The van der Waals surface area contributed by atoms with Gasteiger partial charge in [-0.2, -0.15) is 0 Å². The van der Waals surface area contributed by atoms with Gasteiger partial charge < -0.3 is 5.11 Å². The minimum atomic E-state index is -1.08. The van der Waals surface area contributed by atoms with E-state index in [9.17, 15) is 14.4 Å². The Hall–Kier alpha value is -1.82. The van der Waals surface area contributed by atoms with E-state index in [-0.39, 0.29) is 6.42 Å². The highest BCUT2D eigenvalue weighted by Gasteiger charge is 2.42. The summed E-state index contributed by atoms with van der Waals surface area (Å²) in [5.41, 5.74) is 1.45. The molecule has 2 amide bonds. The quantitative estimate of drug-likeness (QED) is 0.915. The van der Waals surface area contributed by atoms with Crippen molar-refractivity contribution in [3.05, 3.63) is 29.8 Å². The number of anilines is 1. The van der Waals surface area contributed by atoms with Crippen LogP contribution in [0.1, 0.15) is 18.9 Å². The third-order valence-corrected chi connectivity index (χ3v) is 3.93. The molecule has 5 nitrogen and oxygen atoms in total. The van der Waals surface area contributed by atoms with Crippen LogP contribution in [0.15, 0.2) is 24.3 Å². The number of carboxylic acid groups (broad SMARTS) is 1. The third kappa shape index (κ3) is 2.63. The molecule has 1 saturated heterocycles. The van der Waals surface area contributed by atoms with Crippen molar-refractivity contribution in [2.75, 3.05) is 4.90 Å². The molecule has 19 heavy (non-hydrogen) atoms. The smallest absolute Gasteiger partial charge is 0.305 e. The summed E-state index contributed by atoms with van der Waals surface area (Å²) >= 11 is 0.781. The minimum absolute atomic E-state index is 0.333. The lowest BCUT2D eigenvalue weighted by atomic mass is 10.1. The molecule has 100 valence electrons. The predicted molar refractivity (Wildman–Crippen MR) is 72.3 cm³/mol. The average molecular weight is 279 g/mol. The zero-order chi connectivity index (χ0) is 14.0. The number of amides is 2. The lowest BCUT2D eigenvalue weighted by Gasteiger charge is -2.17. The second-order valence-electron chi connectivity index (χ2n) is 4.13. The molecule has 6 heteroatoms. The predicted octanol–water partition coefficient (Wildman–Crippen LogP) is 2.29. The van der Waals surface area contributed by atoms with E-state index in [1.165, 1.54) is 0 Å². The zero-order valence-electron chi connectivity index (χ0n) is 10.3. The standard InChI is InChI=1S/C13H13NO4S/c1-2-8-5-3-4-6-9(8)14-12(17)10(7-11(15)16)19-13(14)18/h3-6,10H,2,7H2,1H3,(H,15,16)/t10-/m1/s1. The topological polar surface area (TPSA) is 74.7 Å². The molecular formula is C13H13NO4S. The number of rotatable bonds is 4. The van der Waals surface area contributed by atoms with Crippen LogP contribution in [0, 0.1) is 0 Å². The first-order chi connectivity index (χ1) is 9.04. The van der Waals surface area contributed by atoms with Crippen LogP contribution in [0.3, 0.4) is 0 Å². The minimum Gasteiger partial charge on any atom is -0.481 e.